The zero-order valence-electron chi connectivity index (χ0n) is 13.1. The highest BCUT2D eigenvalue weighted by Crippen LogP contribution is 2.06. The van der Waals surface area contributed by atoms with Crippen molar-refractivity contribution in [3.8, 4) is 0 Å². The molecule has 0 aliphatic carbocycles. The highest BCUT2D eigenvalue weighted by molar-refractivity contribution is 5.94. The Morgan fingerprint density at radius 1 is 1.23 bits per heavy atom. The molecule has 0 radical (unpaired) electrons. The molecule has 0 fully saturated rings. The van der Waals surface area contributed by atoms with Gasteiger partial charge in [0.05, 0.1) is 6.61 Å². The highest BCUT2D eigenvalue weighted by Gasteiger charge is 2.04. The number of unbranched alkanes of at least 4 members (excludes halogenated alkanes) is 3. The van der Waals surface area contributed by atoms with Gasteiger partial charge in [0.2, 0.25) is 0 Å². The van der Waals surface area contributed by atoms with Crippen molar-refractivity contribution in [2.24, 2.45) is 0 Å². The van der Waals surface area contributed by atoms with Gasteiger partial charge in [0, 0.05) is 23.4 Å². The van der Waals surface area contributed by atoms with E-state index in [1.54, 1.807) is 31.2 Å². The number of nitrogen functional groups attached to an aromatic ring is 1. The van der Waals surface area contributed by atoms with Crippen LogP contribution in [0, 0.1) is 0 Å². The van der Waals surface area contributed by atoms with E-state index in [0.29, 0.717) is 30.0 Å². The smallest absolute Gasteiger partial charge is 0.333 e. The Morgan fingerprint density at radius 3 is 2.64 bits per heavy atom. The summed E-state index contributed by atoms with van der Waals surface area (Å²) in [5.41, 5.74) is 7.21. The molecule has 0 unspecified atom stereocenters. The lowest BCUT2D eigenvalue weighted by molar-refractivity contribution is -0.139. The molecule has 5 heteroatoms. The molecule has 0 atom stereocenters. The normalized spacial score (nSPS) is 10.0. The number of esters is 1. The van der Waals surface area contributed by atoms with Gasteiger partial charge in [-0.1, -0.05) is 19.1 Å². The Bertz CT molecular complexity index is 526. The Balaban J connectivity index is 2.05. The van der Waals surface area contributed by atoms with Crippen molar-refractivity contribution in [3.05, 3.63) is 42.0 Å². The third-order valence-corrected chi connectivity index (χ3v) is 3.09. The maximum atomic E-state index is 11.8. The minimum atomic E-state index is -0.339. The molecule has 0 aliphatic rings. The van der Waals surface area contributed by atoms with Gasteiger partial charge in [-0.3, -0.25) is 4.79 Å². The molecule has 0 bridgehead atoms. The second-order valence-corrected chi connectivity index (χ2v) is 5.21. The lowest BCUT2D eigenvalue weighted by Crippen LogP contribution is -2.24. The summed E-state index contributed by atoms with van der Waals surface area (Å²) < 4.78 is 5.00. The second kappa shape index (κ2) is 9.60. The van der Waals surface area contributed by atoms with Crippen molar-refractivity contribution in [2.45, 2.75) is 32.6 Å². The predicted molar refractivity (Wildman–Crippen MR) is 87.4 cm³/mol. The van der Waals surface area contributed by atoms with E-state index in [0.717, 1.165) is 25.7 Å². The van der Waals surface area contributed by atoms with Crippen LogP contribution in [0.2, 0.25) is 0 Å². The molecule has 5 nitrogen and oxygen atoms in total. The Labute approximate surface area is 131 Å². The molecule has 0 aliphatic heterocycles. The number of nitrogens with one attached hydrogen (secondary N) is 1. The first-order valence-corrected chi connectivity index (χ1v) is 7.47. The van der Waals surface area contributed by atoms with E-state index in [9.17, 15) is 9.59 Å². The van der Waals surface area contributed by atoms with Gasteiger partial charge in [-0.05, 0) is 44.4 Å². The topological polar surface area (TPSA) is 81.4 Å². The number of carbonyl (C=O) groups excluding carboxylic acids is 2. The van der Waals surface area contributed by atoms with Crippen LogP contribution in [-0.4, -0.2) is 25.0 Å². The largest absolute Gasteiger partial charge is 0.462 e. The van der Waals surface area contributed by atoms with Crippen molar-refractivity contribution in [1.82, 2.24) is 5.32 Å². The average Bonchev–Trinajstić information content (AvgIpc) is 2.49. The van der Waals surface area contributed by atoms with Crippen LogP contribution in [-0.2, 0) is 9.53 Å². The summed E-state index contributed by atoms with van der Waals surface area (Å²) in [6, 6.07) is 6.90. The summed E-state index contributed by atoms with van der Waals surface area (Å²) in [6.07, 6.45) is 3.64. The van der Waals surface area contributed by atoms with Gasteiger partial charge < -0.3 is 15.8 Å². The second-order valence-electron chi connectivity index (χ2n) is 5.21. The van der Waals surface area contributed by atoms with Gasteiger partial charge in [0.15, 0.2) is 0 Å². The molecule has 0 saturated carbocycles. The van der Waals surface area contributed by atoms with Gasteiger partial charge in [0.25, 0.3) is 5.91 Å². The molecule has 1 aromatic carbocycles. The van der Waals surface area contributed by atoms with Gasteiger partial charge >= 0.3 is 5.97 Å². The molecular weight excluding hydrogens is 280 g/mol. The molecule has 0 spiro atoms. The summed E-state index contributed by atoms with van der Waals surface area (Å²) in [5, 5.41) is 2.86. The first kappa shape index (κ1) is 17.8. The molecule has 1 rings (SSSR count). The zero-order chi connectivity index (χ0) is 16.4. The fourth-order valence-corrected chi connectivity index (χ4v) is 1.85. The Morgan fingerprint density at radius 2 is 1.95 bits per heavy atom. The number of anilines is 1. The van der Waals surface area contributed by atoms with E-state index in [1.165, 1.54) is 0 Å². The number of rotatable bonds is 9. The van der Waals surface area contributed by atoms with Gasteiger partial charge in [-0.2, -0.15) is 0 Å². The lowest BCUT2D eigenvalue weighted by Gasteiger charge is -2.06. The monoisotopic (exact) mass is 304 g/mol. The zero-order valence-corrected chi connectivity index (χ0v) is 13.1. The molecule has 0 aromatic heterocycles. The number of carbonyl (C=O) groups is 2. The summed E-state index contributed by atoms with van der Waals surface area (Å²) in [7, 11) is 0. The maximum Gasteiger partial charge on any atom is 0.333 e. The number of hydrogen-bond acceptors (Lipinski definition) is 4. The minimum absolute atomic E-state index is 0.109. The van der Waals surface area contributed by atoms with E-state index in [4.69, 9.17) is 10.5 Å². The van der Waals surface area contributed by atoms with Gasteiger partial charge in [0.1, 0.15) is 0 Å². The van der Waals surface area contributed by atoms with Crippen LogP contribution in [0.5, 0.6) is 0 Å². The predicted octanol–water partition coefficient (Wildman–Crippen LogP) is 2.68. The van der Waals surface area contributed by atoms with E-state index in [1.807, 2.05) is 0 Å². The number of hydrogen-bond donors (Lipinski definition) is 2. The summed E-state index contributed by atoms with van der Waals surface area (Å²) >= 11 is 0. The van der Waals surface area contributed by atoms with Crippen LogP contribution in [0.1, 0.15) is 43.0 Å². The average molecular weight is 304 g/mol. The quantitative estimate of drug-likeness (QED) is 0.318. The van der Waals surface area contributed by atoms with E-state index in [2.05, 4.69) is 11.9 Å². The van der Waals surface area contributed by atoms with E-state index in [-0.39, 0.29) is 11.9 Å². The first-order valence-electron chi connectivity index (χ1n) is 7.47. The van der Waals surface area contributed by atoms with Crippen molar-refractivity contribution in [1.29, 1.82) is 0 Å². The molecule has 0 heterocycles. The van der Waals surface area contributed by atoms with Crippen LogP contribution in [0.25, 0.3) is 0 Å². The molecule has 0 saturated heterocycles. The lowest BCUT2D eigenvalue weighted by atomic mass is 10.1. The van der Waals surface area contributed by atoms with Crippen LogP contribution in [0.4, 0.5) is 5.69 Å². The summed E-state index contributed by atoms with van der Waals surface area (Å²) in [6.45, 7) is 6.19. The standard InChI is InChI=1S/C17H24N2O3/c1-13(2)17(21)22-11-6-4-3-5-10-19-16(20)14-8-7-9-15(18)12-14/h7-9,12H,1,3-6,10-11,18H2,2H3,(H,19,20). The third-order valence-electron chi connectivity index (χ3n) is 3.09. The number of ether oxygens (including phenoxy) is 1. The first-order chi connectivity index (χ1) is 10.5. The molecule has 120 valence electrons. The highest BCUT2D eigenvalue weighted by atomic mass is 16.5. The van der Waals surface area contributed by atoms with Crippen molar-refractivity contribution < 1.29 is 14.3 Å². The molecule has 3 N–H and O–H groups in total. The fraction of sp³-hybridized carbons (Fsp3) is 0.412. The van der Waals surface area contributed by atoms with Gasteiger partial charge in [-0.25, -0.2) is 4.79 Å². The molecular formula is C17H24N2O3. The number of nitrogens with two attached hydrogens (primary N) is 1. The Hall–Kier alpha value is -2.30. The number of benzene rings is 1. The van der Waals surface area contributed by atoms with Crippen molar-refractivity contribution in [2.75, 3.05) is 18.9 Å². The van der Waals surface area contributed by atoms with Crippen molar-refractivity contribution in [3.63, 3.8) is 0 Å². The molecule has 1 aromatic rings. The van der Waals surface area contributed by atoms with Crippen molar-refractivity contribution >= 4 is 17.6 Å². The van der Waals surface area contributed by atoms with E-state index < -0.39 is 0 Å². The van der Waals surface area contributed by atoms with Crippen LogP contribution in [0.15, 0.2) is 36.4 Å². The third kappa shape index (κ3) is 6.92. The number of amides is 1. The van der Waals surface area contributed by atoms with E-state index >= 15 is 0 Å². The maximum absolute atomic E-state index is 11.8. The summed E-state index contributed by atoms with van der Waals surface area (Å²) in [5.74, 6) is -0.447. The molecule has 1 amide bonds. The Kier molecular flexibility index (Phi) is 7.75. The van der Waals surface area contributed by atoms with Crippen LogP contribution < -0.4 is 11.1 Å². The van der Waals surface area contributed by atoms with Crippen LogP contribution >= 0.6 is 0 Å². The molecule has 22 heavy (non-hydrogen) atoms. The SMILES string of the molecule is C=C(C)C(=O)OCCCCCCNC(=O)c1cccc(N)c1. The minimum Gasteiger partial charge on any atom is -0.462 e. The van der Waals surface area contributed by atoms with Crippen LogP contribution in [0.3, 0.4) is 0 Å². The fourth-order valence-electron chi connectivity index (χ4n) is 1.85. The summed E-state index contributed by atoms with van der Waals surface area (Å²) in [4.78, 5) is 23.0. The van der Waals surface area contributed by atoms with Gasteiger partial charge in [-0.15, -0.1) is 0 Å².